The summed E-state index contributed by atoms with van der Waals surface area (Å²) in [5, 5.41) is 6.34. The Labute approximate surface area is 198 Å². The Morgan fingerprint density at radius 1 is 1.03 bits per heavy atom. The third-order valence-corrected chi connectivity index (χ3v) is 8.69. The number of amides is 1. The molecule has 4 rings (SSSR count). The summed E-state index contributed by atoms with van der Waals surface area (Å²) in [5.74, 6) is 0.640. The van der Waals surface area contributed by atoms with Crippen LogP contribution in [0.25, 0.3) is 0 Å². The van der Waals surface area contributed by atoms with E-state index < -0.39 is 20.6 Å². The molecule has 0 aromatic heterocycles. The van der Waals surface area contributed by atoms with Crippen molar-refractivity contribution in [2.24, 2.45) is 0 Å². The van der Waals surface area contributed by atoms with E-state index in [-0.39, 0.29) is 11.4 Å². The Balaban J connectivity index is 1.65. The van der Waals surface area contributed by atoms with E-state index in [1.165, 1.54) is 6.07 Å². The van der Waals surface area contributed by atoms with Gasteiger partial charge in [0.2, 0.25) is 9.84 Å². The molecule has 1 atom stereocenters. The molecule has 0 radical (unpaired) electrons. The van der Waals surface area contributed by atoms with E-state index in [2.05, 4.69) is 10.6 Å². The summed E-state index contributed by atoms with van der Waals surface area (Å²) in [6, 6.07) is 20.7. The van der Waals surface area contributed by atoms with E-state index in [9.17, 15) is 13.2 Å². The molecule has 0 unspecified atom stereocenters. The van der Waals surface area contributed by atoms with Crippen LogP contribution in [0.3, 0.4) is 0 Å². The van der Waals surface area contributed by atoms with Crippen molar-refractivity contribution in [1.29, 1.82) is 0 Å². The highest BCUT2D eigenvalue weighted by Crippen LogP contribution is 2.34. The Bertz CT molecular complexity index is 1260. The third kappa shape index (κ3) is 4.76. The number of ether oxygens (including phenoxy) is 1. The van der Waals surface area contributed by atoms with Crippen molar-refractivity contribution in [2.75, 3.05) is 13.1 Å². The number of hydrogen-bond donors (Lipinski definition) is 2. The number of carbonyl (C=O) groups excluding carboxylic acids is 1. The first-order valence-electron chi connectivity index (χ1n) is 10.7. The largest absolute Gasteiger partial charge is 0.457 e. The fourth-order valence-corrected chi connectivity index (χ4v) is 6.33. The van der Waals surface area contributed by atoms with Crippen molar-refractivity contribution >= 4 is 27.3 Å². The van der Waals surface area contributed by atoms with Crippen molar-refractivity contribution in [2.45, 2.75) is 29.5 Å². The SMILES string of the molecule is Cc1c(Cl)cccc1S(=O)(=O)[C@@]1(NC(=O)c2cccc(Oc3ccccc3)c2)CCCNC1. The molecular formula is C25H25ClN2O4S. The van der Waals surface area contributed by atoms with E-state index in [4.69, 9.17) is 16.3 Å². The molecule has 0 saturated carbocycles. The first-order valence-corrected chi connectivity index (χ1v) is 12.5. The molecule has 1 fully saturated rings. The average Bonchev–Trinajstić information content (AvgIpc) is 2.82. The fourth-order valence-electron chi connectivity index (χ4n) is 3.97. The molecule has 3 aromatic carbocycles. The molecular weight excluding hydrogens is 460 g/mol. The van der Waals surface area contributed by atoms with Gasteiger partial charge < -0.3 is 15.4 Å². The molecule has 0 bridgehead atoms. The molecule has 6 nitrogen and oxygen atoms in total. The molecule has 3 aromatic rings. The summed E-state index contributed by atoms with van der Waals surface area (Å²) in [4.78, 5) is 11.9. The minimum atomic E-state index is -3.95. The summed E-state index contributed by atoms with van der Waals surface area (Å²) < 4.78 is 33.5. The van der Waals surface area contributed by atoms with E-state index in [1.54, 1.807) is 43.3 Å². The number of benzene rings is 3. The van der Waals surface area contributed by atoms with Crippen LogP contribution in [0.4, 0.5) is 0 Å². The standard InChI is InChI=1S/C25H25ClN2O4S/c1-18-22(26)12-6-13-23(18)33(30,31)25(14-7-15-27-17-25)28-24(29)19-8-5-11-21(16-19)32-20-9-3-2-4-10-20/h2-6,8-13,16,27H,7,14-15,17H2,1H3,(H,28,29)/t25-/m0/s1. The number of sulfone groups is 1. The predicted molar refractivity (Wildman–Crippen MR) is 129 cm³/mol. The second-order valence-corrected chi connectivity index (χ2v) is 10.7. The molecule has 1 aliphatic heterocycles. The maximum Gasteiger partial charge on any atom is 0.252 e. The number of hydrogen-bond acceptors (Lipinski definition) is 5. The number of rotatable bonds is 6. The summed E-state index contributed by atoms with van der Waals surface area (Å²) in [7, 11) is -3.95. The lowest BCUT2D eigenvalue weighted by Crippen LogP contribution is -2.62. The molecule has 8 heteroatoms. The first-order chi connectivity index (χ1) is 15.8. The number of nitrogens with one attached hydrogen (secondary N) is 2. The van der Waals surface area contributed by atoms with Crippen LogP contribution in [-0.2, 0) is 9.84 Å². The third-order valence-electron chi connectivity index (χ3n) is 5.78. The van der Waals surface area contributed by atoms with Crippen LogP contribution in [-0.4, -0.2) is 32.3 Å². The van der Waals surface area contributed by atoms with Gasteiger partial charge in [0.15, 0.2) is 4.87 Å². The Morgan fingerprint density at radius 2 is 1.76 bits per heavy atom. The monoisotopic (exact) mass is 484 g/mol. The van der Waals surface area contributed by atoms with Gasteiger partial charge in [-0.15, -0.1) is 0 Å². The zero-order valence-corrected chi connectivity index (χ0v) is 19.7. The maximum absolute atomic E-state index is 13.8. The van der Waals surface area contributed by atoms with Gasteiger partial charge in [-0.05, 0) is 74.3 Å². The normalized spacial score (nSPS) is 18.5. The average molecular weight is 485 g/mol. The van der Waals surface area contributed by atoms with Crippen LogP contribution < -0.4 is 15.4 Å². The highest BCUT2D eigenvalue weighted by molar-refractivity contribution is 7.93. The van der Waals surface area contributed by atoms with E-state index in [0.717, 1.165) is 0 Å². The van der Waals surface area contributed by atoms with Crippen molar-refractivity contribution < 1.29 is 17.9 Å². The first kappa shape index (κ1) is 23.3. The second kappa shape index (κ2) is 9.55. The van der Waals surface area contributed by atoms with Crippen LogP contribution in [0.15, 0.2) is 77.7 Å². The van der Waals surface area contributed by atoms with E-state index in [1.807, 2.05) is 30.3 Å². The number of para-hydroxylation sites is 1. The molecule has 1 amide bonds. The number of halogens is 1. The molecule has 2 N–H and O–H groups in total. The molecule has 33 heavy (non-hydrogen) atoms. The highest BCUT2D eigenvalue weighted by Gasteiger charge is 2.47. The van der Waals surface area contributed by atoms with Crippen LogP contribution >= 0.6 is 11.6 Å². The van der Waals surface area contributed by atoms with Gasteiger partial charge in [0.05, 0.1) is 4.90 Å². The van der Waals surface area contributed by atoms with Crippen molar-refractivity contribution in [3.63, 3.8) is 0 Å². The lowest BCUT2D eigenvalue weighted by atomic mass is 10.1. The quantitative estimate of drug-likeness (QED) is 0.528. The number of carbonyl (C=O) groups is 1. The van der Waals surface area contributed by atoms with Crippen molar-refractivity contribution in [1.82, 2.24) is 10.6 Å². The molecule has 1 saturated heterocycles. The van der Waals surface area contributed by atoms with Gasteiger partial charge >= 0.3 is 0 Å². The minimum Gasteiger partial charge on any atom is -0.457 e. The van der Waals surface area contributed by atoms with Crippen LogP contribution in [0.1, 0.15) is 28.8 Å². The summed E-state index contributed by atoms with van der Waals surface area (Å²) in [6.07, 6.45) is 0.899. The van der Waals surface area contributed by atoms with Crippen LogP contribution in [0, 0.1) is 6.92 Å². The summed E-state index contributed by atoms with van der Waals surface area (Å²) in [6.45, 7) is 2.46. The zero-order valence-electron chi connectivity index (χ0n) is 18.2. The zero-order chi connectivity index (χ0) is 23.5. The van der Waals surface area contributed by atoms with E-state index in [0.29, 0.717) is 47.0 Å². The molecule has 1 heterocycles. The van der Waals surface area contributed by atoms with Crippen molar-refractivity contribution in [3.05, 3.63) is 88.9 Å². The highest BCUT2D eigenvalue weighted by atomic mass is 35.5. The van der Waals surface area contributed by atoms with Gasteiger partial charge in [0.1, 0.15) is 11.5 Å². The van der Waals surface area contributed by atoms with Gasteiger partial charge in [-0.1, -0.05) is 41.9 Å². The van der Waals surface area contributed by atoms with Crippen LogP contribution in [0.2, 0.25) is 5.02 Å². The topological polar surface area (TPSA) is 84.5 Å². The Kier molecular flexibility index (Phi) is 6.74. The summed E-state index contributed by atoms with van der Waals surface area (Å²) in [5.41, 5.74) is 0.781. The van der Waals surface area contributed by atoms with Gasteiger partial charge in [0, 0.05) is 17.1 Å². The molecule has 0 aliphatic carbocycles. The molecule has 172 valence electrons. The number of piperidine rings is 1. The van der Waals surface area contributed by atoms with Crippen LogP contribution in [0.5, 0.6) is 11.5 Å². The maximum atomic E-state index is 13.8. The van der Waals surface area contributed by atoms with E-state index >= 15 is 0 Å². The predicted octanol–water partition coefficient (Wildman–Crippen LogP) is 4.72. The van der Waals surface area contributed by atoms with Gasteiger partial charge in [-0.3, -0.25) is 4.79 Å². The molecule has 1 aliphatic rings. The summed E-state index contributed by atoms with van der Waals surface area (Å²) >= 11 is 6.21. The van der Waals surface area contributed by atoms with Gasteiger partial charge in [0.25, 0.3) is 5.91 Å². The lowest BCUT2D eigenvalue weighted by Gasteiger charge is -2.38. The van der Waals surface area contributed by atoms with Gasteiger partial charge in [-0.2, -0.15) is 0 Å². The van der Waals surface area contributed by atoms with Gasteiger partial charge in [-0.25, -0.2) is 8.42 Å². The minimum absolute atomic E-state index is 0.104. The Hall–Kier alpha value is -2.87. The smallest absolute Gasteiger partial charge is 0.252 e. The Morgan fingerprint density at radius 3 is 2.48 bits per heavy atom. The lowest BCUT2D eigenvalue weighted by molar-refractivity contribution is 0.0916. The second-order valence-electron chi connectivity index (χ2n) is 8.04. The fraction of sp³-hybridized carbons (Fsp3) is 0.240. The molecule has 0 spiro atoms. The van der Waals surface area contributed by atoms with Crippen molar-refractivity contribution in [3.8, 4) is 11.5 Å².